The van der Waals surface area contributed by atoms with Crippen molar-refractivity contribution in [2.24, 2.45) is 5.92 Å². The fourth-order valence-corrected chi connectivity index (χ4v) is 1.92. The van der Waals surface area contributed by atoms with Crippen molar-refractivity contribution in [1.29, 1.82) is 0 Å². The highest BCUT2D eigenvalue weighted by Crippen LogP contribution is 2.29. The highest BCUT2D eigenvalue weighted by atomic mass is 35.5. The van der Waals surface area contributed by atoms with Crippen molar-refractivity contribution in [2.45, 2.75) is 32.1 Å². The lowest BCUT2D eigenvalue weighted by atomic mass is 9.98. The second-order valence-corrected chi connectivity index (χ2v) is 4.52. The molecule has 2 unspecified atom stereocenters. The van der Waals surface area contributed by atoms with Crippen LogP contribution in [0.1, 0.15) is 37.6 Å². The van der Waals surface area contributed by atoms with E-state index < -0.39 is 0 Å². The highest BCUT2D eigenvalue weighted by molar-refractivity contribution is 6.20. The first-order chi connectivity index (χ1) is 7.17. The van der Waals surface area contributed by atoms with E-state index in [0.717, 1.165) is 12.2 Å². The third-order valence-electron chi connectivity index (χ3n) is 2.78. The second kappa shape index (κ2) is 6.02. The van der Waals surface area contributed by atoms with Gasteiger partial charge in [0, 0.05) is 0 Å². The Morgan fingerprint density at radius 1 is 1.27 bits per heavy atom. The maximum absolute atomic E-state index is 6.33. The standard InChI is InChI=1S/C13H19ClO/c1-4-10(2)9-13(14)11-5-7-12(15-3)8-6-11/h5-8,10,13H,4,9H2,1-3H3. The minimum absolute atomic E-state index is 0.117. The Kier molecular flexibility index (Phi) is 4.97. The molecule has 1 aromatic carbocycles. The first kappa shape index (κ1) is 12.4. The van der Waals surface area contributed by atoms with Gasteiger partial charge in [-0.05, 0) is 30.0 Å². The van der Waals surface area contributed by atoms with E-state index in [1.165, 1.54) is 12.0 Å². The molecule has 0 heterocycles. The zero-order valence-corrected chi connectivity index (χ0v) is 10.4. The molecule has 0 N–H and O–H groups in total. The van der Waals surface area contributed by atoms with Crippen molar-refractivity contribution in [3.8, 4) is 5.75 Å². The van der Waals surface area contributed by atoms with Gasteiger partial charge in [0.25, 0.3) is 0 Å². The van der Waals surface area contributed by atoms with E-state index in [0.29, 0.717) is 5.92 Å². The third kappa shape index (κ3) is 3.75. The van der Waals surface area contributed by atoms with Crippen LogP contribution in [0, 0.1) is 5.92 Å². The van der Waals surface area contributed by atoms with Gasteiger partial charge in [0.15, 0.2) is 0 Å². The average molecular weight is 227 g/mol. The minimum Gasteiger partial charge on any atom is -0.497 e. The quantitative estimate of drug-likeness (QED) is 0.676. The molecule has 0 saturated heterocycles. The Morgan fingerprint density at radius 3 is 2.33 bits per heavy atom. The van der Waals surface area contributed by atoms with Gasteiger partial charge in [-0.1, -0.05) is 32.4 Å². The van der Waals surface area contributed by atoms with Gasteiger partial charge in [-0.25, -0.2) is 0 Å². The number of rotatable bonds is 5. The number of alkyl halides is 1. The van der Waals surface area contributed by atoms with Gasteiger partial charge in [0.05, 0.1) is 12.5 Å². The first-order valence-electron chi connectivity index (χ1n) is 5.45. The Hall–Kier alpha value is -0.690. The molecular weight excluding hydrogens is 208 g/mol. The van der Waals surface area contributed by atoms with Crippen LogP contribution in [0.3, 0.4) is 0 Å². The molecule has 0 spiro atoms. The fraction of sp³-hybridized carbons (Fsp3) is 0.538. The summed E-state index contributed by atoms with van der Waals surface area (Å²) >= 11 is 6.33. The smallest absolute Gasteiger partial charge is 0.118 e. The van der Waals surface area contributed by atoms with E-state index in [4.69, 9.17) is 16.3 Å². The normalized spacial score (nSPS) is 14.7. The van der Waals surface area contributed by atoms with Crippen molar-refractivity contribution in [3.63, 3.8) is 0 Å². The molecule has 0 radical (unpaired) electrons. The summed E-state index contributed by atoms with van der Waals surface area (Å²) in [5.41, 5.74) is 1.18. The lowest BCUT2D eigenvalue weighted by molar-refractivity contribution is 0.414. The van der Waals surface area contributed by atoms with Crippen molar-refractivity contribution in [1.82, 2.24) is 0 Å². The average Bonchev–Trinajstić information content (AvgIpc) is 2.29. The highest BCUT2D eigenvalue weighted by Gasteiger charge is 2.11. The zero-order chi connectivity index (χ0) is 11.3. The Balaban J connectivity index is 2.61. The van der Waals surface area contributed by atoms with Crippen LogP contribution >= 0.6 is 11.6 Å². The van der Waals surface area contributed by atoms with E-state index in [9.17, 15) is 0 Å². The molecule has 0 aliphatic rings. The van der Waals surface area contributed by atoms with Crippen molar-refractivity contribution in [2.75, 3.05) is 7.11 Å². The summed E-state index contributed by atoms with van der Waals surface area (Å²) in [5.74, 6) is 1.56. The van der Waals surface area contributed by atoms with Gasteiger partial charge in [0.1, 0.15) is 5.75 Å². The van der Waals surface area contributed by atoms with Gasteiger partial charge < -0.3 is 4.74 Å². The molecule has 2 atom stereocenters. The van der Waals surface area contributed by atoms with Crippen LogP contribution in [0.25, 0.3) is 0 Å². The summed E-state index contributed by atoms with van der Waals surface area (Å²) in [6.07, 6.45) is 2.21. The van der Waals surface area contributed by atoms with Crippen LogP contribution in [-0.4, -0.2) is 7.11 Å². The predicted molar refractivity (Wildman–Crippen MR) is 65.7 cm³/mol. The maximum Gasteiger partial charge on any atom is 0.118 e. The molecule has 15 heavy (non-hydrogen) atoms. The minimum atomic E-state index is 0.117. The number of halogens is 1. The molecule has 0 aliphatic heterocycles. The van der Waals surface area contributed by atoms with Gasteiger partial charge in [-0.3, -0.25) is 0 Å². The summed E-state index contributed by atoms with van der Waals surface area (Å²) in [7, 11) is 1.67. The lowest BCUT2D eigenvalue weighted by Crippen LogP contribution is -1.99. The Morgan fingerprint density at radius 2 is 1.87 bits per heavy atom. The molecule has 1 nitrogen and oxygen atoms in total. The number of benzene rings is 1. The van der Waals surface area contributed by atoms with Gasteiger partial charge >= 0.3 is 0 Å². The van der Waals surface area contributed by atoms with Gasteiger partial charge in [-0.2, -0.15) is 0 Å². The predicted octanol–water partition coefficient (Wildman–Crippen LogP) is 4.41. The molecule has 2 heteroatoms. The molecule has 0 amide bonds. The molecule has 0 aromatic heterocycles. The summed E-state index contributed by atoms with van der Waals surface area (Å²) < 4.78 is 5.11. The molecule has 1 aromatic rings. The van der Waals surface area contributed by atoms with Crippen molar-refractivity contribution < 1.29 is 4.74 Å². The van der Waals surface area contributed by atoms with Crippen molar-refractivity contribution >= 4 is 11.6 Å². The summed E-state index contributed by atoms with van der Waals surface area (Å²) in [5, 5.41) is 0.117. The van der Waals surface area contributed by atoms with E-state index >= 15 is 0 Å². The largest absolute Gasteiger partial charge is 0.497 e. The Bertz CT molecular complexity index is 281. The van der Waals surface area contributed by atoms with E-state index in [1.807, 2.05) is 24.3 Å². The summed E-state index contributed by atoms with van der Waals surface area (Å²) in [6.45, 7) is 4.43. The van der Waals surface area contributed by atoms with Gasteiger partial charge in [0.2, 0.25) is 0 Å². The van der Waals surface area contributed by atoms with Crippen LogP contribution in [0.2, 0.25) is 0 Å². The number of methoxy groups -OCH3 is 1. The molecular formula is C13H19ClO. The number of hydrogen-bond acceptors (Lipinski definition) is 1. The first-order valence-corrected chi connectivity index (χ1v) is 5.89. The molecule has 0 saturated carbocycles. The third-order valence-corrected chi connectivity index (χ3v) is 3.21. The van der Waals surface area contributed by atoms with Crippen LogP contribution in [0.5, 0.6) is 5.75 Å². The summed E-state index contributed by atoms with van der Waals surface area (Å²) in [4.78, 5) is 0. The molecule has 0 bridgehead atoms. The van der Waals surface area contributed by atoms with E-state index in [-0.39, 0.29) is 5.38 Å². The Labute approximate surface area is 97.4 Å². The lowest BCUT2D eigenvalue weighted by Gasteiger charge is -2.14. The van der Waals surface area contributed by atoms with Gasteiger partial charge in [-0.15, -0.1) is 11.6 Å². The number of hydrogen-bond donors (Lipinski definition) is 0. The topological polar surface area (TPSA) is 9.23 Å². The molecule has 84 valence electrons. The van der Waals surface area contributed by atoms with Crippen LogP contribution < -0.4 is 4.74 Å². The van der Waals surface area contributed by atoms with E-state index in [1.54, 1.807) is 7.11 Å². The van der Waals surface area contributed by atoms with Crippen LogP contribution in [0.15, 0.2) is 24.3 Å². The second-order valence-electron chi connectivity index (χ2n) is 3.99. The summed E-state index contributed by atoms with van der Waals surface area (Å²) in [6, 6.07) is 8.00. The SMILES string of the molecule is CCC(C)CC(Cl)c1ccc(OC)cc1. The maximum atomic E-state index is 6.33. The molecule has 1 rings (SSSR count). The monoisotopic (exact) mass is 226 g/mol. The van der Waals surface area contributed by atoms with Crippen LogP contribution in [0.4, 0.5) is 0 Å². The molecule has 0 aliphatic carbocycles. The fourth-order valence-electron chi connectivity index (χ4n) is 1.47. The zero-order valence-electron chi connectivity index (χ0n) is 9.66. The van der Waals surface area contributed by atoms with E-state index in [2.05, 4.69) is 13.8 Å². The van der Waals surface area contributed by atoms with Crippen LogP contribution in [-0.2, 0) is 0 Å². The van der Waals surface area contributed by atoms with Crippen molar-refractivity contribution in [3.05, 3.63) is 29.8 Å². The number of ether oxygens (including phenoxy) is 1. The molecule has 0 fully saturated rings.